The minimum Gasteiger partial charge on any atom is -0.392 e. The molecular weight excluding hydrogens is 314 g/mol. The molecule has 0 saturated heterocycles. The summed E-state index contributed by atoms with van der Waals surface area (Å²) in [7, 11) is 0. The first-order valence-electron chi connectivity index (χ1n) is 7.47. The highest BCUT2D eigenvalue weighted by Crippen LogP contribution is 2.20. The van der Waals surface area contributed by atoms with E-state index in [9.17, 15) is 13.6 Å². The lowest BCUT2D eigenvalue weighted by atomic mass is 10.1. The zero-order valence-electron chi connectivity index (χ0n) is 12.8. The summed E-state index contributed by atoms with van der Waals surface area (Å²) in [4.78, 5) is 15.1. The van der Waals surface area contributed by atoms with Crippen LogP contribution in [0.1, 0.15) is 16.7 Å². The van der Waals surface area contributed by atoms with Gasteiger partial charge in [-0.15, -0.1) is 0 Å². The second kappa shape index (κ2) is 6.80. The van der Waals surface area contributed by atoms with E-state index in [1.54, 1.807) is 18.3 Å². The Balaban J connectivity index is 1.66. The largest absolute Gasteiger partial charge is 0.392 e. The van der Waals surface area contributed by atoms with Crippen molar-refractivity contribution in [2.45, 2.75) is 19.6 Å². The number of hydrogen-bond donors (Lipinski definition) is 3. The fourth-order valence-electron chi connectivity index (χ4n) is 2.59. The Morgan fingerprint density at radius 2 is 1.96 bits per heavy atom. The summed E-state index contributed by atoms with van der Waals surface area (Å²) in [6, 6.07) is 8.70. The highest BCUT2D eigenvalue weighted by molar-refractivity contribution is 5.88. The maximum Gasteiger partial charge on any atom is 0.224 e. The summed E-state index contributed by atoms with van der Waals surface area (Å²) < 4.78 is 26.7. The number of amides is 1. The molecule has 3 rings (SSSR count). The molecule has 3 N–H and O–H groups in total. The van der Waals surface area contributed by atoms with Crippen LogP contribution in [0.15, 0.2) is 42.6 Å². The molecule has 0 aliphatic carbocycles. The molecule has 2 aromatic carbocycles. The lowest BCUT2D eigenvalue weighted by molar-refractivity contribution is -0.120. The zero-order valence-corrected chi connectivity index (χ0v) is 12.8. The van der Waals surface area contributed by atoms with E-state index < -0.39 is 12.4 Å². The number of halogens is 2. The van der Waals surface area contributed by atoms with Gasteiger partial charge in [0.15, 0.2) is 0 Å². The highest BCUT2D eigenvalue weighted by atomic mass is 19.1. The van der Waals surface area contributed by atoms with Gasteiger partial charge in [0, 0.05) is 29.2 Å². The summed E-state index contributed by atoms with van der Waals surface area (Å²) in [5.41, 5.74) is 2.36. The molecule has 6 heteroatoms. The van der Waals surface area contributed by atoms with Gasteiger partial charge < -0.3 is 15.4 Å². The van der Waals surface area contributed by atoms with Gasteiger partial charge >= 0.3 is 0 Å². The van der Waals surface area contributed by atoms with Gasteiger partial charge in [-0.2, -0.15) is 0 Å². The molecule has 0 atom stereocenters. The summed E-state index contributed by atoms with van der Waals surface area (Å²) in [5.74, 6) is -1.06. The molecule has 1 heterocycles. The maximum absolute atomic E-state index is 13.3. The van der Waals surface area contributed by atoms with Gasteiger partial charge in [-0.05, 0) is 41.5 Å². The SMILES string of the molecule is O=C(Cc1c[nH]c2ccc(F)cc12)NCc1ccc(F)c(CO)c1. The molecule has 0 aliphatic heterocycles. The van der Waals surface area contributed by atoms with E-state index >= 15 is 0 Å². The molecule has 0 aliphatic rings. The van der Waals surface area contributed by atoms with Crippen LogP contribution in [0, 0.1) is 11.6 Å². The normalized spacial score (nSPS) is 11.0. The second-order valence-corrected chi connectivity index (χ2v) is 5.54. The average molecular weight is 330 g/mol. The predicted octanol–water partition coefficient (Wildman–Crippen LogP) is 2.80. The molecule has 124 valence electrons. The van der Waals surface area contributed by atoms with Crippen LogP contribution in [0.5, 0.6) is 0 Å². The van der Waals surface area contributed by atoms with Crippen molar-refractivity contribution in [3.63, 3.8) is 0 Å². The predicted molar refractivity (Wildman–Crippen MR) is 86.1 cm³/mol. The van der Waals surface area contributed by atoms with Crippen molar-refractivity contribution in [1.29, 1.82) is 0 Å². The van der Waals surface area contributed by atoms with Gasteiger partial charge in [0.1, 0.15) is 11.6 Å². The zero-order chi connectivity index (χ0) is 17.1. The standard InChI is InChI=1S/C18H16F2N2O2/c19-14-2-4-17-15(7-14)12(9-21-17)6-18(24)22-8-11-1-3-16(20)13(5-11)10-23/h1-5,7,9,21,23H,6,8,10H2,(H,22,24). The maximum atomic E-state index is 13.3. The van der Waals surface area contributed by atoms with E-state index in [2.05, 4.69) is 10.3 Å². The third kappa shape index (κ3) is 3.44. The smallest absolute Gasteiger partial charge is 0.224 e. The van der Waals surface area contributed by atoms with Crippen LogP contribution in [0.25, 0.3) is 10.9 Å². The van der Waals surface area contributed by atoms with Gasteiger partial charge in [-0.1, -0.05) is 6.07 Å². The van der Waals surface area contributed by atoms with Crippen molar-refractivity contribution in [1.82, 2.24) is 10.3 Å². The molecule has 4 nitrogen and oxygen atoms in total. The summed E-state index contributed by atoms with van der Waals surface area (Å²) in [6.45, 7) is -0.169. The van der Waals surface area contributed by atoms with Crippen LogP contribution in [0.4, 0.5) is 8.78 Å². The van der Waals surface area contributed by atoms with Crippen LogP contribution in [0.3, 0.4) is 0 Å². The van der Waals surface area contributed by atoms with Gasteiger partial charge in [0.25, 0.3) is 0 Å². The Morgan fingerprint density at radius 1 is 1.12 bits per heavy atom. The van der Waals surface area contributed by atoms with Gasteiger partial charge in [0.2, 0.25) is 5.91 Å². The second-order valence-electron chi connectivity index (χ2n) is 5.54. The number of carbonyl (C=O) groups excluding carboxylic acids is 1. The van der Waals surface area contributed by atoms with Crippen molar-refractivity contribution in [3.8, 4) is 0 Å². The summed E-state index contributed by atoms with van der Waals surface area (Å²) in [6.07, 6.45) is 1.79. The molecule has 0 unspecified atom stereocenters. The lowest BCUT2D eigenvalue weighted by Gasteiger charge is -2.07. The quantitative estimate of drug-likeness (QED) is 0.673. The van der Waals surface area contributed by atoms with E-state index in [1.165, 1.54) is 24.3 Å². The topological polar surface area (TPSA) is 65.1 Å². The highest BCUT2D eigenvalue weighted by Gasteiger charge is 2.10. The summed E-state index contributed by atoms with van der Waals surface area (Å²) >= 11 is 0. The Morgan fingerprint density at radius 3 is 2.75 bits per heavy atom. The molecule has 0 spiro atoms. The number of carbonyl (C=O) groups is 1. The molecular formula is C18H16F2N2O2. The number of benzene rings is 2. The molecule has 0 bridgehead atoms. The third-order valence-electron chi connectivity index (χ3n) is 3.85. The van der Waals surface area contributed by atoms with Gasteiger partial charge in [0.05, 0.1) is 13.0 Å². The van der Waals surface area contributed by atoms with Crippen molar-refractivity contribution in [2.24, 2.45) is 0 Å². The van der Waals surface area contributed by atoms with Crippen molar-refractivity contribution in [3.05, 3.63) is 70.9 Å². The van der Waals surface area contributed by atoms with Crippen molar-refractivity contribution < 1.29 is 18.7 Å². The van der Waals surface area contributed by atoms with E-state index in [-0.39, 0.29) is 30.3 Å². The molecule has 1 aromatic heterocycles. The van der Waals surface area contributed by atoms with Gasteiger partial charge in [-0.3, -0.25) is 4.79 Å². The van der Waals surface area contributed by atoms with Crippen LogP contribution in [0.2, 0.25) is 0 Å². The fraction of sp³-hybridized carbons (Fsp3) is 0.167. The minimum absolute atomic E-state index is 0.109. The Kier molecular flexibility index (Phi) is 4.57. The average Bonchev–Trinajstić information content (AvgIpc) is 2.96. The third-order valence-corrected chi connectivity index (χ3v) is 3.85. The number of aromatic nitrogens is 1. The number of hydrogen-bond acceptors (Lipinski definition) is 2. The summed E-state index contributed by atoms with van der Waals surface area (Å²) in [5, 5.41) is 12.5. The first-order chi connectivity index (χ1) is 11.6. The molecule has 0 radical (unpaired) electrons. The van der Waals surface area contributed by atoms with Crippen LogP contribution in [-0.2, 0) is 24.4 Å². The minimum atomic E-state index is -0.478. The lowest BCUT2D eigenvalue weighted by Crippen LogP contribution is -2.24. The molecule has 1 amide bonds. The number of nitrogens with one attached hydrogen (secondary N) is 2. The van der Waals surface area contributed by atoms with Crippen molar-refractivity contribution >= 4 is 16.8 Å². The number of aromatic amines is 1. The first-order valence-corrected chi connectivity index (χ1v) is 7.47. The van der Waals surface area contributed by atoms with E-state index in [4.69, 9.17) is 5.11 Å². The number of fused-ring (bicyclic) bond motifs is 1. The number of aliphatic hydroxyl groups is 1. The fourth-order valence-corrected chi connectivity index (χ4v) is 2.59. The molecule has 0 fully saturated rings. The van der Waals surface area contributed by atoms with Crippen LogP contribution >= 0.6 is 0 Å². The van der Waals surface area contributed by atoms with E-state index in [0.717, 1.165) is 5.52 Å². The van der Waals surface area contributed by atoms with Crippen LogP contribution in [-0.4, -0.2) is 16.0 Å². The molecule has 0 saturated carbocycles. The van der Waals surface area contributed by atoms with E-state index in [0.29, 0.717) is 16.5 Å². The van der Waals surface area contributed by atoms with Crippen LogP contribution < -0.4 is 5.32 Å². The molecule has 24 heavy (non-hydrogen) atoms. The first kappa shape index (κ1) is 16.1. The monoisotopic (exact) mass is 330 g/mol. The Bertz CT molecular complexity index is 890. The Hall–Kier alpha value is -2.73. The Labute approximate surface area is 137 Å². The number of rotatable bonds is 5. The molecule has 3 aromatic rings. The van der Waals surface area contributed by atoms with Gasteiger partial charge in [-0.25, -0.2) is 8.78 Å². The van der Waals surface area contributed by atoms with E-state index in [1.807, 2.05) is 0 Å². The number of aliphatic hydroxyl groups excluding tert-OH is 1. The number of H-pyrrole nitrogens is 1. The van der Waals surface area contributed by atoms with Crippen molar-refractivity contribution in [2.75, 3.05) is 0 Å².